The number of nitrogens with zero attached hydrogens (tertiary/aromatic N) is 4. The lowest BCUT2D eigenvalue weighted by atomic mass is 9.95. The van der Waals surface area contributed by atoms with E-state index in [4.69, 9.17) is 0 Å². The summed E-state index contributed by atoms with van der Waals surface area (Å²) < 4.78 is 16.5. The van der Waals surface area contributed by atoms with Crippen molar-refractivity contribution in [2.24, 2.45) is 0 Å². The molecule has 8 nitrogen and oxygen atoms in total. The van der Waals surface area contributed by atoms with Gasteiger partial charge in [-0.2, -0.15) is 0 Å². The molecule has 2 aromatic carbocycles. The average Bonchev–Trinajstić information content (AvgIpc) is 3.23. The number of carbonyl (C=O) groups excluding carboxylic acids is 1. The van der Waals surface area contributed by atoms with Gasteiger partial charge >= 0.3 is 0 Å². The smallest absolute Gasteiger partial charge is 0.292 e. The molecule has 172 valence electrons. The van der Waals surface area contributed by atoms with E-state index in [9.17, 15) is 19.3 Å². The summed E-state index contributed by atoms with van der Waals surface area (Å²) in [6.45, 7) is 1.71. The van der Waals surface area contributed by atoms with Crippen LogP contribution < -0.4 is 5.32 Å². The van der Waals surface area contributed by atoms with Crippen molar-refractivity contribution in [3.63, 3.8) is 0 Å². The molecule has 4 rings (SSSR count). The summed E-state index contributed by atoms with van der Waals surface area (Å²) in [5.74, 6) is -0.311. The Morgan fingerprint density at radius 2 is 1.85 bits per heavy atom. The second kappa shape index (κ2) is 10.1. The molecular formula is C23H24FN5O3S. The van der Waals surface area contributed by atoms with E-state index in [1.54, 1.807) is 37.3 Å². The van der Waals surface area contributed by atoms with Crippen LogP contribution in [-0.4, -0.2) is 30.8 Å². The van der Waals surface area contributed by atoms with E-state index in [0.717, 1.165) is 32.1 Å². The molecule has 0 radical (unpaired) electrons. The summed E-state index contributed by atoms with van der Waals surface area (Å²) in [4.78, 5) is 23.5. The fraction of sp³-hybridized carbons (Fsp3) is 0.348. The number of anilines is 1. The highest BCUT2D eigenvalue weighted by molar-refractivity contribution is 8.00. The van der Waals surface area contributed by atoms with Crippen molar-refractivity contribution in [3.8, 4) is 11.4 Å². The number of carbonyl (C=O) groups is 1. The number of nitro benzene ring substituents is 1. The van der Waals surface area contributed by atoms with E-state index in [2.05, 4.69) is 15.5 Å². The first-order chi connectivity index (χ1) is 16.0. The zero-order valence-corrected chi connectivity index (χ0v) is 18.9. The molecule has 3 aromatic rings. The lowest BCUT2D eigenvalue weighted by molar-refractivity contribution is -0.383. The first kappa shape index (κ1) is 22.9. The Balaban J connectivity index is 1.60. The van der Waals surface area contributed by atoms with Crippen molar-refractivity contribution >= 4 is 29.0 Å². The summed E-state index contributed by atoms with van der Waals surface area (Å²) in [5, 5.41) is 22.4. The van der Waals surface area contributed by atoms with Crippen molar-refractivity contribution in [2.45, 2.75) is 55.5 Å². The number of halogens is 1. The quantitative estimate of drug-likeness (QED) is 0.274. The third-order valence-corrected chi connectivity index (χ3v) is 6.79. The van der Waals surface area contributed by atoms with Crippen LogP contribution in [0.1, 0.15) is 45.1 Å². The van der Waals surface area contributed by atoms with E-state index in [0.29, 0.717) is 16.5 Å². The standard InChI is InChI=1S/C23H24FN5O3S/c1-15(22(30)25-19-13-7-8-14-20(19)29(31)32)33-23-27-26-21(17-11-5-6-12-18(17)24)28(23)16-9-3-2-4-10-16/h5-8,11-16H,2-4,9-10H2,1H3,(H,25,30)/t15-/m1/s1. The third-order valence-electron chi connectivity index (χ3n) is 5.73. The molecule has 0 aliphatic heterocycles. The number of hydrogen-bond donors (Lipinski definition) is 1. The summed E-state index contributed by atoms with van der Waals surface area (Å²) in [6.07, 6.45) is 5.16. The SMILES string of the molecule is C[C@@H](Sc1nnc(-c2ccccc2F)n1C1CCCCC1)C(=O)Nc1ccccc1[N+](=O)[O-]. The number of benzene rings is 2. The minimum atomic E-state index is -0.607. The molecule has 1 amide bonds. The molecule has 1 aliphatic carbocycles. The van der Waals surface area contributed by atoms with Gasteiger partial charge < -0.3 is 5.32 Å². The van der Waals surface area contributed by atoms with Crippen molar-refractivity contribution in [2.75, 3.05) is 5.32 Å². The molecule has 0 saturated heterocycles. The van der Waals surface area contributed by atoms with Crippen LogP contribution >= 0.6 is 11.8 Å². The predicted octanol–water partition coefficient (Wildman–Crippen LogP) is 5.62. The normalized spacial score (nSPS) is 15.2. The van der Waals surface area contributed by atoms with Crippen molar-refractivity contribution in [1.82, 2.24) is 14.8 Å². The van der Waals surface area contributed by atoms with E-state index in [1.165, 1.54) is 30.0 Å². The molecule has 10 heteroatoms. The van der Waals surface area contributed by atoms with Gasteiger partial charge in [-0.05, 0) is 38.0 Å². The molecule has 0 bridgehead atoms. The molecule has 1 atom stereocenters. The van der Waals surface area contributed by atoms with Gasteiger partial charge in [0.25, 0.3) is 5.69 Å². The average molecular weight is 470 g/mol. The van der Waals surface area contributed by atoms with Crippen LogP contribution in [0.5, 0.6) is 0 Å². The lowest BCUT2D eigenvalue weighted by Crippen LogP contribution is -2.24. The molecule has 0 unspecified atom stereocenters. The van der Waals surface area contributed by atoms with Crippen LogP contribution in [0.3, 0.4) is 0 Å². The molecule has 1 aliphatic rings. The number of nitrogens with one attached hydrogen (secondary N) is 1. The maximum Gasteiger partial charge on any atom is 0.292 e. The zero-order chi connectivity index (χ0) is 23.4. The number of rotatable bonds is 7. The number of aromatic nitrogens is 3. The maximum absolute atomic E-state index is 14.6. The highest BCUT2D eigenvalue weighted by Gasteiger charge is 2.28. The number of nitro groups is 1. The summed E-state index contributed by atoms with van der Waals surface area (Å²) in [6, 6.07) is 12.6. The van der Waals surface area contributed by atoms with Gasteiger partial charge in [0.1, 0.15) is 11.5 Å². The van der Waals surface area contributed by atoms with Gasteiger partial charge in [-0.3, -0.25) is 19.5 Å². The van der Waals surface area contributed by atoms with Crippen molar-refractivity contribution in [3.05, 3.63) is 64.5 Å². The van der Waals surface area contributed by atoms with Crippen LogP contribution in [0.2, 0.25) is 0 Å². The van der Waals surface area contributed by atoms with E-state index in [-0.39, 0.29) is 29.1 Å². The van der Waals surface area contributed by atoms with Gasteiger partial charge in [-0.15, -0.1) is 10.2 Å². The number of amides is 1. The Morgan fingerprint density at radius 3 is 2.58 bits per heavy atom. The minimum Gasteiger partial charge on any atom is -0.319 e. The summed E-state index contributed by atoms with van der Waals surface area (Å²) in [5.41, 5.74) is 0.343. The Bertz CT molecular complexity index is 1160. The fourth-order valence-corrected chi connectivity index (χ4v) is 4.96. The molecule has 1 saturated carbocycles. The second-order valence-electron chi connectivity index (χ2n) is 7.97. The van der Waals surface area contributed by atoms with Crippen LogP contribution in [0.25, 0.3) is 11.4 Å². The first-order valence-electron chi connectivity index (χ1n) is 10.9. The Hall–Kier alpha value is -3.27. The van der Waals surface area contributed by atoms with Crippen molar-refractivity contribution < 1.29 is 14.1 Å². The van der Waals surface area contributed by atoms with E-state index < -0.39 is 10.2 Å². The van der Waals surface area contributed by atoms with E-state index >= 15 is 0 Å². The highest BCUT2D eigenvalue weighted by atomic mass is 32.2. The third kappa shape index (κ3) is 5.05. The van der Waals surface area contributed by atoms with Crippen LogP contribution in [0, 0.1) is 15.9 Å². The topological polar surface area (TPSA) is 103 Å². The van der Waals surface area contributed by atoms with Gasteiger partial charge in [0.2, 0.25) is 5.91 Å². The van der Waals surface area contributed by atoms with E-state index in [1.807, 2.05) is 4.57 Å². The maximum atomic E-state index is 14.6. The summed E-state index contributed by atoms with van der Waals surface area (Å²) in [7, 11) is 0. The van der Waals surface area contributed by atoms with Crippen LogP contribution in [0.4, 0.5) is 15.8 Å². The van der Waals surface area contributed by atoms with Gasteiger partial charge in [0.05, 0.1) is 15.7 Å². The minimum absolute atomic E-state index is 0.122. The molecular weight excluding hydrogens is 445 g/mol. The zero-order valence-electron chi connectivity index (χ0n) is 18.1. The summed E-state index contributed by atoms with van der Waals surface area (Å²) >= 11 is 1.21. The van der Waals surface area contributed by atoms with Crippen LogP contribution in [-0.2, 0) is 4.79 Å². The fourth-order valence-electron chi connectivity index (χ4n) is 4.04. The van der Waals surface area contributed by atoms with Gasteiger partial charge in [-0.1, -0.05) is 55.3 Å². The molecule has 33 heavy (non-hydrogen) atoms. The Kier molecular flexibility index (Phi) is 7.02. The second-order valence-corrected chi connectivity index (χ2v) is 9.28. The largest absolute Gasteiger partial charge is 0.319 e. The predicted molar refractivity (Wildman–Crippen MR) is 125 cm³/mol. The van der Waals surface area contributed by atoms with Gasteiger partial charge in [0.15, 0.2) is 11.0 Å². The Labute approximate surface area is 194 Å². The van der Waals surface area contributed by atoms with Gasteiger partial charge in [-0.25, -0.2) is 4.39 Å². The molecule has 1 aromatic heterocycles. The number of hydrogen-bond acceptors (Lipinski definition) is 6. The monoisotopic (exact) mass is 469 g/mol. The molecule has 1 heterocycles. The highest BCUT2D eigenvalue weighted by Crippen LogP contribution is 2.37. The van der Waals surface area contributed by atoms with Crippen molar-refractivity contribution in [1.29, 1.82) is 0 Å². The molecule has 1 N–H and O–H groups in total. The van der Waals surface area contributed by atoms with Gasteiger partial charge in [0, 0.05) is 12.1 Å². The van der Waals surface area contributed by atoms with Crippen LogP contribution in [0.15, 0.2) is 53.7 Å². The first-order valence-corrected chi connectivity index (χ1v) is 11.7. The number of thioether (sulfide) groups is 1. The molecule has 0 spiro atoms. The molecule has 1 fully saturated rings. The number of para-hydroxylation sites is 2. The lowest BCUT2D eigenvalue weighted by Gasteiger charge is -2.26. The Morgan fingerprint density at radius 1 is 1.15 bits per heavy atom.